The molecule has 2 N–H and O–H groups in total. The van der Waals surface area contributed by atoms with Gasteiger partial charge in [-0.2, -0.15) is 0 Å². The van der Waals surface area contributed by atoms with E-state index in [-0.39, 0.29) is 0 Å². The Morgan fingerprint density at radius 1 is 1.35 bits per heavy atom. The monoisotopic (exact) mass is 299 g/mol. The van der Waals surface area contributed by atoms with Crippen molar-refractivity contribution in [3.63, 3.8) is 0 Å². The highest BCUT2D eigenvalue weighted by Gasteiger charge is 2.05. The number of benzene rings is 1. The molecule has 1 aromatic carbocycles. The summed E-state index contributed by atoms with van der Waals surface area (Å²) in [5.41, 5.74) is 1.30. The molecule has 0 aliphatic carbocycles. The first kappa shape index (κ1) is 14.7. The Kier molecular flexibility index (Phi) is 6.78. The largest absolute Gasteiger partial charge is 0.396 e. The topological polar surface area (TPSA) is 32.3 Å². The second kappa shape index (κ2) is 7.85. The lowest BCUT2D eigenvalue weighted by atomic mass is 10.1. The molecule has 0 spiro atoms. The molecule has 0 radical (unpaired) electrons. The normalized spacial score (nSPS) is 14.6. The van der Waals surface area contributed by atoms with Crippen molar-refractivity contribution in [2.45, 2.75) is 32.7 Å². The number of nitrogens with one attached hydrogen (secondary N) is 1. The number of rotatable bonds is 7. The summed E-state index contributed by atoms with van der Waals surface area (Å²) < 4.78 is 1.12. The summed E-state index contributed by atoms with van der Waals surface area (Å²) in [5.74, 6) is 0.415. The van der Waals surface area contributed by atoms with Crippen LogP contribution in [-0.4, -0.2) is 18.3 Å². The van der Waals surface area contributed by atoms with Crippen LogP contribution in [0.15, 0.2) is 28.7 Å². The van der Waals surface area contributed by atoms with E-state index in [4.69, 9.17) is 5.11 Å². The van der Waals surface area contributed by atoms with Crippen LogP contribution < -0.4 is 5.32 Å². The van der Waals surface area contributed by atoms with Crippen LogP contribution in [0.2, 0.25) is 0 Å². The average Bonchev–Trinajstić information content (AvgIpc) is 2.34. The standard InChI is InChI=1S/C14H22BrNO/c1-11(10-17)5-4-8-16-12(2)13-6-3-7-14(15)9-13/h3,6-7,9,11-12,16-17H,4-5,8,10H2,1-2H3. The molecule has 0 bridgehead atoms. The van der Waals surface area contributed by atoms with E-state index in [1.165, 1.54) is 5.56 Å². The Morgan fingerprint density at radius 3 is 2.76 bits per heavy atom. The van der Waals surface area contributed by atoms with Gasteiger partial charge in [0.1, 0.15) is 0 Å². The molecule has 0 aliphatic heterocycles. The highest BCUT2D eigenvalue weighted by molar-refractivity contribution is 9.10. The molecule has 17 heavy (non-hydrogen) atoms. The van der Waals surface area contributed by atoms with Crippen LogP contribution in [0.25, 0.3) is 0 Å². The molecule has 0 aliphatic rings. The van der Waals surface area contributed by atoms with Gasteiger partial charge in [-0.05, 0) is 49.9 Å². The third-order valence-corrected chi connectivity index (χ3v) is 3.48. The fourth-order valence-corrected chi connectivity index (χ4v) is 2.17. The molecule has 2 nitrogen and oxygen atoms in total. The van der Waals surface area contributed by atoms with Crippen molar-refractivity contribution >= 4 is 15.9 Å². The summed E-state index contributed by atoms with van der Waals surface area (Å²) in [6.45, 7) is 5.55. The van der Waals surface area contributed by atoms with Gasteiger partial charge in [-0.1, -0.05) is 35.0 Å². The molecule has 96 valence electrons. The number of aliphatic hydroxyl groups excluding tert-OH is 1. The third-order valence-electron chi connectivity index (χ3n) is 2.98. The minimum Gasteiger partial charge on any atom is -0.396 e. The molecule has 0 fully saturated rings. The van der Waals surface area contributed by atoms with E-state index in [0.29, 0.717) is 18.6 Å². The van der Waals surface area contributed by atoms with Crippen molar-refractivity contribution in [2.24, 2.45) is 5.92 Å². The Labute approximate surface area is 113 Å². The van der Waals surface area contributed by atoms with Crippen molar-refractivity contribution < 1.29 is 5.11 Å². The minimum atomic E-state index is 0.293. The summed E-state index contributed by atoms with van der Waals surface area (Å²) in [6, 6.07) is 8.76. The van der Waals surface area contributed by atoms with Gasteiger partial charge in [0.15, 0.2) is 0 Å². The van der Waals surface area contributed by atoms with Gasteiger partial charge in [0.2, 0.25) is 0 Å². The lowest BCUT2D eigenvalue weighted by Crippen LogP contribution is -2.20. The van der Waals surface area contributed by atoms with E-state index in [2.05, 4.69) is 53.3 Å². The van der Waals surface area contributed by atoms with Crippen LogP contribution in [0.4, 0.5) is 0 Å². The number of halogens is 1. The highest BCUT2D eigenvalue weighted by atomic mass is 79.9. The lowest BCUT2D eigenvalue weighted by molar-refractivity contribution is 0.227. The highest BCUT2D eigenvalue weighted by Crippen LogP contribution is 2.17. The molecular formula is C14H22BrNO. The Balaban J connectivity index is 2.28. The second-order valence-electron chi connectivity index (χ2n) is 4.66. The van der Waals surface area contributed by atoms with Crippen LogP contribution in [0.5, 0.6) is 0 Å². The smallest absolute Gasteiger partial charge is 0.0456 e. The SMILES string of the molecule is CC(CO)CCCNC(C)c1cccc(Br)c1. The second-order valence-corrected chi connectivity index (χ2v) is 5.58. The van der Waals surface area contributed by atoms with Crippen LogP contribution in [0, 0.1) is 5.92 Å². The molecule has 1 aromatic rings. The van der Waals surface area contributed by atoms with E-state index < -0.39 is 0 Å². The van der Waals surface area contributed by atoms with E-state index in [1.54, 1.807) is 0 Å². The van der Waals surface area contributed by atoms with E-state index >= 15 is 0 Å². The molecular weight excluding hydrogens is 278 g/mol. The lowest BCUT2D eigenvalue weighted by Gasteiger charge is -2.15. The summed E-state index contributed by atoms with van der Waals surface area (Å²) in [4.78, 5) is 0. The van der Waals surface area contributed by atoms with Crippen molar-refractivity contribution in [3.8, 4) is 0 Å². The molecule has 0 amide bonds. The predicted molar refractivity (Wildman–Crippen MR) is 76.0 cm³/mol. The Morgan fingerprint density at radius 2 is 2.12 bits per heavy atom. The van der Waals surface area contributed by atoms with Crippen LogP contribution in [-0.2, 0) is 0 Å². The maximum atomic E-state index is 8.93. The van der Waals surface area contributed by atoms with Crippen LogP contribution in [0.3, 0.4) is 0 Å². The van der Waals surface area contributed by atoms with E-state index in [0.717, 1.165) is 23.9 Å². The van der Waals surface area contributed by atoms with Crippen molar-refractivity contribution in [1.29, 1.82) is 0 Å². The van der Waals surface area contributed by atoms with Crippen molar-refractivity contribution in [3.05, 3.63) is 34.3 Å². The summed E-state index contributed by atoms with van der Waals surface area (Å²) in [5, 5.41) is 12.4. The number of hydrogen-bond donors (Lipinski definition) is 2. The van der Waals surface area contributed by atoms with Gasteiger partial charge in [-0.15, -0.1) is 0 Å². The predicted octanol–water partition coefficient (Wildman–Crippen LogP) is 3.51. The molecule has 2 unspecified atom stereocenters. The Bertz CT molecular complexity index is 330. The zero-order chi connectivity index (χ0) is 12.7. The van der Waals surface area contributed by atoms with Gasteiger partial charge in [0, 0.05) is 17.1 Å². The van der Waals surface area contributed by atoms with Gasteiger partial charge in [-0.25, -0.2) is 0 Å². The molecule has 3 heteroatoms. The molecule has 0 saturated heterocycles. The first-order valence-corrected chi connectivity index (χ1v) is 7.02. The van der Waals surface area contributed by atoms with E-state index in [9.17, 15) is 0 Å². The van der Waals surface area contributed by atoms with Gasteiger partial charge in [-0.3, -0.25) is 0 Å². The molecule has 2 atom stereocenters. The summed E-state index contributed by atoms with van der Waals surface area (Å²) in [7, 11) is 0. The third kappa shape index (κ3) is 5.66. The van der Waals surface area contributed by atoms with Crippen LogP contribution in [0.1, 0.15) is 38.3 Å². The molecule has 0 aromatic heterocycles. The molecule has 0 heterocycles. The van der Waals surface area contributed by atoms with Gasteiger partial charge < -0.3 is 10.4 Å². The molecule has 0 saturated carbocycles. The fraction of sp³-hybridized carbons (Fsp3) is 0.571. The first-order chi connectivity index (χ1) is 8.13. The van der Waals surface area contributed by atoms with E-state index in [1.807, 2.05) is 6.07 Å². The zero-order valence-corrected chi connectivity index (χ0v) is 12.2. The zero-order valence-electron chi connectivity index (χ0n) is 10.6. The molecule has 1 rings (SSSR count). The van der Waals surface area contributed by atoms with Gasteiger partial charge >= 0.3 is 0 Å². The summed E-state index contributed by atoms with van der Waals surface area (Å²) in [6.07, 6.45) is 2.19. The van der Waals surface area contributed by atoms with Gasteiger partial charge in [0.05, 0.1) is 0 Å². The number of hydrogen-bond acceptors (Lipinski definition) is 2. The fourth-order valence-electron chi connectivity index (χ4n) is 1.75. The first-order valence-electron chi connectivity index (χ1n) is 6.23. The summed E-state index contributed by atoms with van der Waals surface area (Å²) >= 11 is 3.49. The average molecular weight is 300 g/mol. The maximum absolute atomic E-state index is 8.93. The van der Waals surface area contributed by atoms with Crippen molar-refractivity contribution in [1.82, 2.24) is 5.32 Å². The van der Waals surface area contributed by atoms with Gasteiger partial charge in [0.25, 0.3) is 0 Å². The maximum Gasteiger partial charge on any atom is 0.0456 e. The van der Waals surface area contributed by atoms with Crippen LogP contribution >= 0.6 is 15.9 Å². The quantitative estimate of drug-likeness (QED) is 0.755. The Hall–Kier alpha value is -0.380. The minimum absolute atomic E-state index is 0.293. The van der Waals surface area contributed by atoms with Crippen molar-refractivity contribution in [2.75, 3.05) is 13.2 Å². The number of aliphatic hydroxyl groups is 1.